The summed E-state index contributed by atoms with van der Waals surface area (Å²) in [6.45, 7) is 5.30. The minimum absolute atomic E-state index is 0.0617. The van der Waals surface area contributed by atoms with E-state index in [1.165, 1.54) is 12.1 Å². The van der Waals surface area contributed by atoms with Gasteiger partial charge in [0, 0.05) is 52.0 Å². The molecule has 3 heterocycles. The molecule has 0 saturated carbocycles. The number of hydrogen-bond acceptors (Lipinski definition) is 5. The van der Waals surface area contributed by atoms with Crippen LogP contribution in [0, 0.1) is 0 Å². The van der Waals surface area contributed by atoms with E-state index in [9.17, 15) is 18.0 Å². The zero-order valence-corrected chi connectivity index (χ0v) is 17.1. The number of aromatic nitrogens is 1. The summed E-state index contributed by atoms with van der Waals surface area (Å²) in [5, 5.41) is 0. The monoisotopic (exact) mass is 434 g/mol. The molecule has 1 amide bonds. The zero-order chi connectivity index (χ0) is 21.8. The molecule has 9 heteroatoms. The molecule has 4 rings (SSSR count). The molecule has 0 radical (unpaired) electrons. The van der Waals surface area contributed by atoms with Crippen molar-refractivity contribution in [2.45, 2.75) is 12.7 Å². The predicted molar refractivity (Wildman–Crippen MR) is 110 cm³/mol. The Morgan fingerprint density at radius 2 is 1.74 bits per heavy atom. The maximum absolute atomic E-state index is 13.2. The van der Waals surface area contributed by atoms with Crippen LogP contribution in [0.2, 0.25) is 0 Å². The first kappa shape index (κ1) is 21.6. The maximum atomic E-state index is 13.2. The first-order valence-corrected chi connectivity index (χ1v) is 10.4. The Hall–Kier alpha value is -2.65. The standard InChI is InChI=1S/C22H25F3N4O2/c23-22(24,25)18-4-1-3-17(15-18)16-27-7-9-29(10-8-27)21(30)19-5-2-6-26-20(19)28-11-13-31-14-12-28/h1-6,15H,7-14,16H2. The third kappa shape index (κ3) is 5.16. The van der Waals surface area contributed by atoms with Crippen molar-refractivity contribution < 1.29 is 22.7 Å². The number of hydrogen-bond donors (Lipinski definition) is 0. The van der Waals surface area contributed by atoms with Gasteiger partial charge in [0.05, 0.1) is 24.3 Å². The third-order valence-corrected chi connectivity index (χ3v) is 5.65. The van der Waals surface area contributed by atoms with Crippen LogP contribution in [0.25, 0.3) is 0 Å². The summed E-state index contributed by atoms with van der Waals surface area (Å²) < 4.78 is 44.2. The van der Waals surface area contributed by atoms with Crippen molar-refractivity contribution in [1.29, 1.82) is 0 Å². The summed E-state index contributed by atoms with van der Waals surface area (Å²) in [4.78, 5) is 23.5. The number of carbonyl (C=O) groups is 1. The molecule has 2 saturated heterocycles. The van der Waals surface area contributed by atoms with Crippen molar-refractivity contribution in [3.05, 3.63) is 59.3 Å². The molecule has 2 fully saturated rings. The van der Waals surface area contributed by atoms with Gasteiger partial charge in [-0.1, -0.05) is 18.2 Å². The van der Waals surface area contributed by atoms with Gasteiger partial charge < -0.3 is 14.5 Å². The topological polar surface area (TPSA) is 48.9 Å². The van der Waals surface area contributed by atoms with Gasteiger partial charge >= 0.3 is 6.18 Å². The van der Waals surface area contributed by atoms with Crippen LogP contribution in [0.15, 0.2) is 42.6 Å². The largest absolute Gasteiger partial charge is 0.416 e. The highest BCUT2D eigenvalue weighted by Crippen LogP contribution is 2.30. The van der Waals surface area contributed by atoms with E-state index in [-0.39, 0.29) is 5.91 Å². The minimum Gasteiger partial charge on any atom is -0.378 e. The highest BCUT2D eigenvalue weighted by atomic mass is 19.4. The SMILES string of the molecule is O=C(c1cccnc1N1CCOCC1)N1CCN(Cc2cccc(C(F)(F)F)c2)CC1. The second-order valence-corrected chi connectivity index (χ2v) is 7.74. The summed E-state index contributed by atoms with van der Waals surface area (Å²) >= 11 is 0. The van der Waals surface area contributed by atoms with Crippen LogP contribution in [0.3, 0.4) is 0 Å². The van der Waals surface area contributed by atoms with E-state index in [0.29, 0.717) is 76.0 Å². The van der Waals surface area contributed by atoms with Crippen molar-refractivity contribution >= 4 is 11.7 Å². The van der Waals surface area contributed by atoms with Crippen LogP contribution in [0.4, 0.5) is 19.0 Å². The van der Waals surface area contributed by atoms with Crippen LogP contribution in [-0.4, -0.2) is 73.2 Å². The summed E-state index contributed by atoms with van der Waals surface area (Å²) in [5.74, 6) is 0.621. The minimum atomic E-state index is -4.34. The van der Waals surface area contributed by atoms with E-state index in [1.807, 2.05) is 0 Å². The molecule has 1 aromatic carbocycles. The molecule has 166 valence electrons. The molecule has 2 aliphatic heterocycles. The van der Waals surface area contributed by atoms with E-state index < -0.39 is 11.7 Å². The number of rotatable bonds is 4. The lowest BCUT2D eigenvalue weighted by Crippen LogP contribution is -2.48. The third-order valence-electron chi connectivity index (χ3n) is 5.65. The summed E-state index contributed by atoms with van der Waals surface area (Å²) in [5.41, 5.74) is 0.568. The number of morpholine rings is 1. The van der Waals surface area contributed by atoms with Crippen LogP contribution < -0.4 is 4.90 Å². The quantitative estimate of drug-likeness (QED) is 0.741. The van der Waals surface area contributed by atoms with Crippen LogP contribution in [0.1, 0.15) is 21.5 Å². The van der Waals surface area contributed by atoms with Crippen molar-refractivity contribution in [3.8, 4) is 0 Å². The highest BCUT2D eigenvalue weighted by Gasteiger charge is 2.31. The first-order valence-electron chi connectivity index (χ1n) is 10.4. The number of ether oxygens (including phenoxy) is 1. The molecule has 2 aromatic rings. The molecule has 0 atom stereocenters. The lowest BCUT2D eigenvalue weighted by Gasteiger charge is -2.36. The lowest BCUT2D eigenvalue weighted by molar-refractivity contribution is -0.137. The van der Waals surface area contributed by atoms with E-state index in [4.69, 9.17) is 4.74 Å². The number of halogens is 3. The fourth-order valence-electron chi connectivity index (χ4n) is 3.97. The Kier molecular flexibility index (Phi) is 6.43. The van der Waals surface area contributed by atoms with Gasteiger partial charge in [-0.2, -0.15) is 13.2 Å². The first-order chi connectivity index (χ1) is 14.9. The number of anilines is 1. The number of piperazine rings is 1. The highest BCUT2D eigenvalue weighted by molar-refractivity contribution is 5.99. The Labute approximate surface area is 179 Å². The van der Waals surface area contributed by atoms with Crippen molar-refractivity contribution in [2.75, 3.05) is 57.4 Å². The fraction of sp³-hybridized carbons (Fsp3) is 0.455. The fourth-order valence-corrected chi connectivity index (χ4v) is 3.97. The molecule has 31 heavy (non-hydrogen) atoms. The van der Waals surface area contributed by atoms with E-state index in [0.717, 1.165) is 6.07 Å². The van der Waals surface area contributed by atoms with Crippen LogP contribution in [0.5, 0.6) is 0 Å². The van der Waals surface area contributed by atoms with Gasteiger partial charge in [0.2, 0.25) is 0 Å². The average molecular weight is 434 g/mol. The van der Waals surface area contributed by atoms with Crippen molar-refractivity contribution in [1.82, 2.24) is 14.8 Å². The van der Waals surface area contributed by atoms with Crippen molar-refractivity contribution in [2.24, 2.45) is 0 Å². The molecule has 1 aromatic heterocycles. The predicted octanol–water partition coefficient (Wildman–Crippen LogP) is 2.90. The Balaban J connectivity index is 1.38. The van der Waals surface area contributed by atoms with Gasteiger partial charge in [0.15, 0.2) is 0 Å². The molecule has 0 N–H and O–H groups in total. The molecule has 0 aliphatic carbocycles. The van der Waals surface area contributed by atoms with Gasteiger partial charge in [-0.15, -0.1) is 0 Å². The van der Waals surface area contributed by atoms with Gasteiger partial charge in [-0.3, -0.25) is 9.69 Å². The van der Waals surface area contributed by atoms with Gasteiger partial charge in [-0.25, -0.2) is 4.98 Å². The number of pyridine rings is 1. The molecule has 0 unspecified atom stereocenters. The Morgan fingerprint density at radius 1 is 1.00 bits per heavy atom. The van der Waals surface area contributed by atoms with Gasteiger partial charge in [-0.05, 0) is 23.8 Å². The normalized spacial score (nSPS) is 18.3. The number of nitrogens with zero attached hydrogens (tertiary/aromatic N) is 4. The Bertz CT molecular complexity index is 908. The summed E-state index contributed by atoms with van der Waals surface area (Å²) in [6, 6.07) is 8.99. The number of amides is 1. The Morgan fingerprint density at radius 3 is 2.45 bits per heavy atom. The molecular weight excluding hydrogens is 409 g/mol. The zero-order valence-electron chi connectivity index (χ0n) is 17.1. The van der Waals surface area contributed by atoms with Crippen LogP contribution >= 0.6 is 0 Å². The van der Waals surface area contributed by atoms with E-state index in [1.54, 1.807) is 29.3 Å². The average Bonchev–Trinajstić information content (AvgIpc) is 2.79. The number of carbonyl (C=O) groups excluding carboxylic acids is 1. The maximum Gasteiger partial charge on any atom is 0.416 e. The number of benzene rings is 1. The second-order valence-electron chi connectivity index (χ2n) is 7.74. The van der Waals surface area contributed by atoms with E-state index >= 15 is 0 Å². The summed E-state index contributed by atoms with van der Waals surface area (Å²) in [6.07, 6.45) is -2.66. The number of alkyl halides is 3. The lowest BCUT2D eigenvalue weighted by atomic mass is 10.1. The molecule has 2 aliphatic rings. The molecule has 0 spiro atoms. The molecule has 6 nitrogen and oxygen atoms in total. The smallest absolute Gasteiger partial charge is 0.378 e. The summed E-state index contributed by atoms with van der Waals surface area (Å²) in [7, 11) is 0. The van der Waals surface area contributed by atoms with E-state index in [2.05, 4.69) is 14.8 Å². The second kappa shape index (κ2) is 9.23. The van der Waals surface area contributed by atoms with Crippen LogP contribution in [-0.2, 0) is 17.5 Å². The molecule has 0 bridgehead atoms. The van der Waals surface area contributed by atoms with Crippen molar-refractivity contribution in [3.63, 3.8) is 0 Å². The van der Waals surface area contributed by atoms with Gasteiger partial charge in [0.1, 0.15) is 5.82 Å². The van der Waals surface area contributed by atoms with Gasteiger partial charge in [0.25, 0.3) is 5.91 Å². The molecular formula is C22H25F3N4O2.